The lowest BCUT2D eigenvalue weighted by molar-refractivity contribution is -0.614. The number of allylic oxidation sites excluding steroid dienone is 1. The van der Waals surface area contributed by atoms with Gasteiger partial charge in [0.1, 0.15) is 11.6 Å². The van der Waals surface area contributed by atoms with Gasteiger partial charge in [-0.1, -0.05) is 48.0 Å². The molecule has 1 N–H and O–H groups in total. The second-order valence-electron chi connectivity index (χ2n) is 9.77. The molecule has 1 atom stereocenters. The number of methoxy groups -OCH3 is 1. The van der Waals surface area contributed by atoms with Crippen molar-refractivity contribution < 1.29 is 31.8 Å². The Bertz CT molecular complexity index is 1730. The van der Waals surface area contributed by atoms with Gasteiger partial charge in [0.05, 0.1) is 29.3 Å². The summed E-state index contributed by atoms with van der Waals surface area (Å²) in [5, 5.41) is 15.7. The number of benzene rings is 3. The van der Waals surface area contributed by atoms with Gasteiger partial charge < -0.3 is 9.94 Å². The summed E-state index contributed by atoms with van der Waals surface area (Å²) in [4.78, 5) is 16.3. The smallest absolute Gasteiger partial charge is 0.411 e. The number of rotatable bonds is 8. The van der Waals surface area contributed by atoms with Crippen molar-refractivity contribution in [1.82, 2.24) is 0 Å². The SMILES string of the molecule is COC(=O)Nc1ccc(C2=CCC(C(Cc3ccc(F)cc3)c3ccc(-c4c(C(F)F)ccc(Cl)c4F)c[n+]3[O-])=N2)cc1. The molecule has 1 aromatic heterocycles. The van der Waals surface area contributed by atoms with Crippen LogP contribution in [0.2, 0.25) is 5.02 Å². The first-order chi connectivity index (χ1) is 20.6. The van der Waals surface area contributed by atoms with E-state index in [1.807, 2.05) is 6.08 Å². The van der Waals surface area contributed by atoms with Crippen molar-refractivity contribution in [3.8, 4) is 11.1 Å². The number of nitrogens with zero attached hydrogens (tertiary/aromatic N) is 2. The molecule has 1 aliphatic heterocycles. The molecule has 0 aliphatic carbocycles. The van der Waals surface area contributed by atoms with Crippen LogP contribution in [0.15, 0.2) is 90.1 Å². The Morgan fingerprint density at radius 1 is 1.02 bits per heavy atom. The molecule has 4 aromatic rings. The number of nitrogens with one attached hydrogen (secondary N) is 1. The first-order valence-corrected chi connectivity index (χ1v) is 13.5. The van der Waals surface area contributed by atoms with Gasteiger partial charge in [-0.05, 0) is 53.9 Å². The lowest BCUT2D eigenvalue weighted by Crippen LogP contribution is -2.36. The fourth-order valence-corrected chi connectivity index (χ4v) is 5.10. The summed E-state index contributed by atoms with van der Waals surface area (Å²) in [5.74, 6) is -2.03. The Morgan fingerprint density at radius 2 is 1.72 bits per heavy atom. The standard InChI is InChI=1S/C32H24ClF4N3O3/c1-43-32(41)38-22-9-4-19(5-10-22)26-13-14-27(39-26)24(16-18-2-7-21(34)8-3-18)28-15-6-20(17-40(28)42)29-23(31(36)37)11-12-25(33)30(29)35/h2-13,15,17,24,31H,14,16H2,1H3,(H,38,41). The van der Waals surface area contributed by atoms with Crippen molar-refractivity contribution >= 4 is 34.8 Å². The Balaban J connectivity index is 1.50. The molecule has 2 heterocycles. The van der Waals surface area contributed by atoms with Crippen LogP contribution >= 0.6 is 11.6 Å². The van der Waals surface area contributed by atoms with Crippen LogP contribution in [-0.4, -0.2) is 18.9 Å². The molecule has 6 nitrogen and oxygen atoms in total. The topological polar surface area (TPSA) is 77.6 Å². The number of hydrogen-bond acceptors (Lipinski definition) is 4. The second-order valence-corrected chi connectivity index (χ2v) is 10.2. The molecule has 11 heteroatoms. The summed E-state index contributed by atoms with van der Waals surface area (Å²) < 4.78 is 61.1. The summed E-state index contributed by atoms with van der Waals surface area (Å²) in [5.41, 5.74) is 2.52. The van der Waals surface area contributed by atoms with Gasteiger partial charge in [-0.3, -0.25) is 10.3 Å². The van der Waals surface area contributed by atoms with E-state index in [1.165, 1.54) is 31.4 Å². The Labute approximate surface area is 249 Å². The number of hydrogen-bond donors (Lipinski definition) is 1. The zero-order chi connectivity index (χ0) is 30.7. The normalized spacial score (nSPS) is 13.5. The number of ether oxygens (including phenoxy) is 1. The summed E-state index contributed by atoms with van der Waals surface area (Å²) in [6, 6.07) is 17.8. The maximum atomic E-state index is 14.9. The van der Waals surface area contributed by atoms with Crippen LogP contribution < -0.4 is 10.0 Å². The van der Waals surface area contributed by atoms with Gasteiger partial charge >= 0.3 is 6.09 Å². The van der Waals surface area contributed by atoms with Gasteiger partial charge in [-0.15, -0.1) is 0 Å². The minimum Gasteiger partial charge on any atom is -0.618 e. The summed E-state index contributed by atoms with van der Waals surface area (Å²) >= 11 is 5.87. The number of alkyl halides is 2. The Kier molecular flexibility index (Phi) is 8.77. The molecule has 0 fully saturated rings. The summed E-state index contributed by atoms with van der Waals surface area (Å²) in [6.45, 7) is 0. The summed E-state index contributed by atoms with van der Waals surface area (Å²) in [6.07, 6.45) is 0.0499. The third-order valence-electron chi connectivity index (χ3n) is 7.09. The molecule has 220 valence electrons. The molecule has 5 rings (SSSR count). The number of amides is 1. The minimum atomic E-state index is -2.99. The van der Waals surface area contributed by atoms with Gasteiger partial charge in [0.15, 0.2) is 6.20 Å². The zero-order valence-electron chi connectivity index (χ0n) is 22.7. The van der Waals surface area contributed by atoms with Gasteiger partial charge in [0.2, 0.25) is 5.69 Å². The molecular formula is C32H24ClF4N3O3. The number of carbonyl (C=O) groups excluding carboxylic acids is 1. The van der Waals surface area contributed by atoms with Crippen molar-refractivity contribution in [3.63, 3.8) is 0 Å². The Morgan fingerprint density at radius 3 is 2.37 bits per heavy atom. The number of pyridine rings is 1. The van der Waals surface area contributed by atoms with Gasteiger partial charge in [0.25, 0.3) is 6.43 Å². The Hall–Kier alpha value is -4.70. The van der Waals surface area contributed by atoms with Crippen molar-refractivity contribution in [2.24, 2.45) is 4.99 Å². The largest absolute Gasteiger partial charge is 0.618 e. The van der Waals surface area contributed by atoms with Crippen molar-refractivity contribution in [2.75, 3.05) is 12.4 Å². The van der Waals surface area contributed by atoms with E-state index in [9.17, 15) is 27.6 Å². The van der Waals surface area contributed by atoms with E-state index in [2.05, 4.69) is 10.1 Å². The molecule has 1 aliphatic rings. The average Bonchev–Trinajstić information content (AvgIpc) is 3.48. The van der Waals surface area contributed by atoms with Gasteiger partial charge in [-0.25, -0.2) is 22.4 Å². The first-order valence-electron chi connectivity index (χ1n) is 13.1. The van der Waals surface area contributed by atoms with Crippen molar-refractivity contribution in [1.29, 1.82) is 0 Å². The summed E-state index contributed by atoms with van der Waals surface area (Å²) in [7, 11) is 1.26. The first kappa shape index (κ1) is 29.8. The van der Waals surface area contributed by atoms with Crippen LogP contribution in [-0.2, 0) is 11.2 Å². The quantitative estimate of drug-likeness (QED) is 0.124. The van der Waals surface area contributed by atoms with E-state index in [-0.39, 0.29) is 22.7 Å². The third kappa shape index (κ3) is 6.54. The highest BCUT2D eigenvalue weighted by Crippen LogP contribution is 2.37. The molecule has 3 aromatic carbocycles. The van der Waals surface area contributed by atoms with Crippen LogP contribution in [0.25, 0.3) is 16.8 Å². The van der Waals surface area contributed by atoms with E-state index >= 15 is 0 Å². The molecular weight excluding hydrogens is 586 g/mol. The molecule has 0 spiro atoms. The van der Waals surface area contributed by atoms with Gasteiger partial charge in [-0.2, -0.15) is 4.73 Å². The van der Waals surface area contributed by atoms with E-state index < -0.39 is 41.2 Å². The van der Waals surface area contributed by atoms with Crippen LogP contribution in [0.3, 0.4) is 0 Å². The minimum absolute atomic E-state index is 0.0533. The predicted molar refractivity (Wildman–Crippen MR) is 156 cm³/mol. The fourth-order valence-electron chi connectivity index (χ4n) is 4.94. The molecule has 43 heavy (non-hydrogen) atoms. The van der Waals surface area contributed by atoms with E-state index in [4.69, 9.17) is 16.6 Å². The lowest BCUT2D eigenvalue weighted by Gasteiger charge is -2.18. The maximum absolute atomic E-state index is 14.9. The van der Waals surface area contributed by atoms with E-state index in [1.54, 1.807) is 36.4 Å². The number of anilines is 1. The third-order valence-corrected chi connectivity index (χ3v) is 7.38. The van der Waals surface area contributed by atoms with E-state index in [0.717, 1.165) is 29.5 Å². The maximum Gasteiger partial charge on any atom is 0.411 e. The lowest BCUT2D eigenvalue weighted by atomic mass is 9.89. The fraction of sp³-hybridized carbons (Fsp3) is 0.156. The monoisotopic (exact) mass is 609 g/mol. The highest BCUT2D eigenvalue weighted by Gasteiger charge is 2.30. The van der Waals surface area contributed by atoms with E-state index in [0.29, 0.717) is 28.2 Å². The molecule has 0 bridgehead atoms. The second kappa shape index (κ2) is 12.7. The molecule has 1 unspecified atom stereocenters. The number of aliphatic imine (C=N–C) groups is 1. The average molecular weight is 610 g/mol. The highest BCUT2D eigenvalue weighted by atomic mass is 35.5. The predicted octanol–water partition coefficient (Wildman–Crippen LogP) is 8.25. The van der Waals surface area contributed by atoms with Crippen LogP contribution in [0.4, 0.5) is 28.0 Å². The molecule has 0 saturated carbocycles. The number of carbonyl (C=O) groups is 1. The highest BCUT2D eigenvalue weighted by molar-refractivity contribution is 6.31. The van der Waals surface area contributed by atoms with Crippen molar-refractivity contribution in [3.05, 3.63) is 129 Å². The molecule has 0 radical (unpaired) electrons. The van der Waals surface area contributed by atoms with Crippen LogP contribution in [0.1, 0.15) is 41.1 Å². The molecule has 0 saturated heterocycles. The van der Waals surface area contributed by atoms with Gasteiger partial charge in [0, 0.05) is 35.0 Å². The number of halogens is 5. The zero-order valence-corrected chi connectivity index (χ0v) is 23.4. The van der Waals surface area contributed by atoms with Crippen LogP contribution in [0.5, 0.6) is 0 Å². The molecule has 1 amide bonds. The van der Waals surface area contributed by atoms with Crippen LogP contribution in [0, 0.1) is 16.8 Å². The number of aromatic nitrogens is 1. The van der Waals surface area contributed by atoms with Crippen molar-refractivity contribution in [2.45, 2.75) is 25.2 Å².